The van der Waals surface area contributed by atoms with Crippen molar-refractivity contribution in [2.45, 2.75) is 39.2 Å². The summed E-state index contributed by atoms with van der Waals surface area (Å²) in [5.74, 6) is 2.11. The molecule has 3 rings (SSSR count). The maximum atomic E-state index is 11.8. The Bertz CT molecular complexity index is 777. The minimum absolute atomic E-state index is 0.208. The third-order valence-corrected chi connectivity index (χ3v) is 5.00. The first-order chi connectivity index (χ1) is 12.7. The van der Waals surface area contributed by atoms with Gasteiger partial charge in [-0.05, 0) is 32.3 Å². The number of carbonyl (C=O) groups is 1. The van der Waals surface area contributed by atoms with Gasteiger partial charge in [-0.3, -0.25) is 9.79 Å². The molecule has 1 amide bonds. The number of guanidine groups is 1. The van der Waals surface area contributed by atoms with Crippen LogP contribution >= 0.6 is 0 Å². The van der Waals surface area contributed by atoms with Crippen LogP contribution in [0.5, 0.6) is 0 Å². The topological polar surface area (TPSA) is 78.7 Å². The highest BCUT2D eigenvalue weighted by Gasteiger charge is 2.24. The lowest BCUT2D eigenvalue weighted by molar-refractivity contribution is -0.127. The molecule has 0 aliphatic heterocycles. The van der Waals surface area contributed by atoms with Crippen molar-refractivity contribution >= 4 is 22.8 Å². The zero-order valence-corrected chi connectivity index (χ0v) is 15.6. The number of hydrogen-bond donors (Lipinski definition) is 3. The van der Waals surface area contributed by atoms with Crippen LogP contribution in [-0.4, -0.2) is 32.0 Å². The first-order valence-corrected chi connectivity index (χ1v) is 9.38. The molecular weight excluding hydrogens is 328 g/mol. The normalized spacial score (nSPS) is 14.9. The van der Waals surface area contributed by atoms with Crippen LogP contribution in [0, 0.1) is 12.8 Å². The predicted octanol–water partition coefficient (Wildman–Crippen LogP) is 2.71. The van der Waals surface area contributed by atoms with Gasteiger partial charge in [0.05, 0.1) is 6.54 Å². The maximum absolute atomic E-state index is 11.8. The number of carbonyl (C=O) groups excluding carboxylic acids is 1. The van der Waals surface area contributed by atoms with Crippen molar-refractivity contribution in [3.8, 4) is 0 Å². The van der Waals surface area contributed by atoms with Crippen LogP contribution in [-0.2, 0) is 11.3 Å². The zero-order valence-electron chi connectivity index (χ0n) is 15.6. The second-order valence-corrected chi connectivity index (χ2v) is 6.77. The number of aryl methyl sites for hydroxylation is 1. The number of nitrogens with one attached hydrogen (secondary N) is 3. The molecule has 1 aromatic carbocycles. The number of aliphatic imine (C=N–C) groups is 1. The van der Waals surface area contributed by atoms with Gasteiger partial charge in [-0.1, -0.05) is 24.6 Å². The summed E-state index contributed by atoms with van der Waals surface area (Å²) in [5.41, 5.74) is 2.06. The van der Waals surface area contributed by atoms with Crippen LogP contribution in [0.1, 0.15) is 37.0 Å². The number of fused-ring (bicyclic) bond motifs is 1. The van der Waals surface area contributed by atoms with E-state index in [1.165, 1.54) is 6.42 Å². The van der Waals surface area contributed by atoms with Gasteiger partial charge < -0.3 is 20.4 Å². The Hall–Kier alpha value is -2.50. The Labute approximate surface area is 154 Å². The highest BCUT2D eigenvalue weighted by atomic mass is 16.3. The highest BCUT2D eigenvalue weighted by molar-refractivity contribution is 5.83. The van der Waals surface area contributed by atoms with Crippen LogP contribution in [0.4, 0.5) is 0 Å². The van der Waals surface area contributed by atoms with Crippen molar-refractivity contribution in [2.75, 3.05) is 20.1 Å². The second kappa shape index (κ2) is 8.74. The zero-order chi connectivity index (χ0) is 18.4. The van der Waals surface area contributed by atoms with E-state index in [2.05, 4.69) is 33.9 Å². The fourth-order valence-electron chi connectivity index (χ4n) is 3.10. The molecule has 1 fully saturated rings. The molecule has 0 atom stereocenters. The highest BCUT2D eigenvalue weighted by Crippen LogP contribution is 2.26. The minimum Gasteiger partial charge on any atom is -0.459 e. The first-order valence-electron chi connectivity index (χ1n) is 9.38. The van der Waals surface area contributed by atoms with Crippen molar-refractivity contribution in [3.63, 3.8) is 0 Å². The Kier molecular flexibility index (Phi) is 6.15. The standard InChI is InChI=1S/C20H28N4O2/c1-14-16-9-3-4-10-17(16)26-18(14)13-24-20(21-2)23-12-6-11-22-19(25)15-7-5-8-15/h3-4,9-10,15H,5-8,11-13H2,1-2H3,(H,22,25)(H2,21,23,24). The molecule has 0 bridgehead atoms. The average Bonchev–Trinajstić information content (AvgIpc) is 2.92. The molecule has 0 saturated heterocycles. The SMILES string of the molecule is CN=C(NCCCNC(=O)C1CCC1)NCc1oc2ccccc2c1C. The van der Waals surface area contributed by atoms with Crippen LogP contribution in [0.25, 0.3) is 11.0 Å². The van der Waals surface area contributed by atoms with Crippen molar-refractivity contribution < 1.29 is 9.21 Å². The lowest BCUT2D eigenvalue weighted by Gasteiger charge is -2.24. The summed E-state index contributed by atoms with van der Waals surface area (Å²) >= 11 is 0. The molecule has 1 heterocycles. The molecule has 1 aliphatic rings. The van der Waals surface area contributed by atoms with Gasteiger partial charge in [0.15, 0.2) is 5.96 Å². The number of nitrogens with zero attached hydrogens (tertiary/aromatic N) is 1. The van der Waals surface area contributed by atoms with Crippen LogP contribution in [0.2, 0.25) is 0 Å². The summed E-state index contributed by atoms with van der Waals surface area (Å²) in [7, 11) is 1.75. The van der Waals surface area contributed by atoms with Gasteiger partial charge in [0.2, 0.25) is 5.91 Å². The van der Waals surface area contributed by atoms with E-state index in [0.717, 1.165) is 54.1 Å². The summed E-state index contributed by atoms with van der Waals surface area (Å²) in [4.78, 5) is 16.0. The molecule has 1 aromatic heterocycles. The molecule has 6 heteroatoms. The predicted molar refractivity (Wildman–Crippen MR) is 104 cm³/mol. The third-order valence-electron chi connectivity index (χ3n) is 5.00. The molecule has 6 nitrogen and oxygen atoms in total. The Morgan fingerprint density at radius 2 is 1.96 bits per heavy atom. The number of hydrogen-bond acceptors (Lipinski definition) is 3. The van der Waals surface area contributed by atoms with Crippen molar-refractivity contribution in [1.29, 1.82) is 0 Å². The van der Waals surface area contributed by atoms with Crippen LogP contribution in [0.15, 0.2) is 33.7 Å². The summed E-state index contributed by atoms with van der Waals surface area (Å²) in [6.45, 7) is 4.11. The lowest BCUT2D eigenvalue weighted by atomic mass is 9.85. The van der Waals surface area contributed by atoms with E-state index in [0.29, 0.717) is 13.1 Å². The second-order valence-electron chi connectivity index (χ2n) is 6.77. The molecule has 26 heavy (non-hydrogen) atoms. The fourth-order valence-corrected chi connectivity index (χ4v) is 3.10. The van der Waals surface area contributed by atoms with Crippen LogP contribution < -0.4 is 16.0 Å². The fraction of sp³-hybridized carbons (Fsp3) is 0.500. The van der Waals surface area contributed by atoms with Crippen molar-refractivity contribution in [1.82, 2.24) is 16.0 Å². The van der Waals surface area contributed by atoms with E-state index in [9.17, 15) is 4.79 Å². The third kappa shape index (κ3) is 4.36. The average molecular weight is 356 g/mol. The maximum Gasteiger partial charge on any atom is 0.223 e. The molecule has 2 aromatic rings. The molecule has 0 spiro atoms. The van der Waals surface area contributed by atoms with E-state index in [4.69, 9.17) is 4.42 Å². The van der Waals surface area contributed by atoms with E-state index >= 15 is 0 Å². The van der Waals surface area contributed by atoms with Gasteiger partial charge in [0.25, 0.3) is 0 Å². The molecule has 3 N–H and O–H groups in total. The number of para-hydroxylation sites is 1. The van der Waals surface area contributed by atoms with Gasteiger partial charge in [-0.2, -0.15) is 0 Å². The van der Waals surface area contributed by atoms with Gasteiger partial charge >= 0.3 is 0 Å². The van der Waals surface area contributed by atoms with Gasteiger partial charge in [-0.25, -0.2) is 0 Å². The summed E-state index contributed by atoms with van der Waals surface area (Å²) in [6.07, 6.45) is 4.14. The molecule has 0 radical (unpaired) electrons. The number of rotatable bonds is 7. The Balaban J connectivity index is 1.39. The largest absolute Gasteiger partial charge is 0.459 e. The Morgan fingerprint density at radius 1 is 1.19 bits per heavy atom. The summed E-state index contributed by atoms with van der Waals surface area (Å²) in [5, 5.41) is 10.7. The van der Waals surface area contributed by atoms with Gasteiger partial charge in [-0.15, -0.1) is 0 Å². The van der Waals surface area contributed by atoms with Crippen molar-refractivity contribution in [3.05, 3.63) is 35.6 Å². The molecule has 1 saturated carbocycles. The summed E-state index contributed by atoms with van der Waals surface area (Å²) in [6, 6.07) is 8.05. The molecule has 1 aliphatic carbocycles. The molecular formula is C20H28N4O2. The molecule has 140 valence electrons. The van der Waals surface area contributed by atoms with Crippen molar-refractivity contribution in [2.24, 2.45) is 10.9 Å². The smallest absolute Gasteiger partial charge is 0.223 e. The van der Waals surface area contributed by atoms with E-state index in [-0.39, 0.29) is 11.8 Å². The van der Waals surface area contributed by atoms with Gasteiger partial charge in [0, 0.05) is 37.0 Å². The minimum atomic E-state index is 0.208. The van der Waals surface area contributed by atoms with E-state index in [1.807, 2.05) is 18.2 Å². The Morgan fingerprint density at radius 3 is 2.65 bits per heavy atom. The number of amides is 1. The van der Waals surface area contributed by atoms with Crippen LogP contribution in [0.3, 0.4) is 0 Å². The lowest BCUT2D eigenvalue weighted by Crippen LogP contribution is -2.39. The summed E-state index contributed by atoms with van der Waals surface area (Å²) < 4.78 is 5.91. The van der Waals surface area contributed by atoms with E-state index < -0.39 is 0 Å². The van der Waals surface area contributed by atoms with E-state index in [1.54, 1.807) is 7.05 Å². The quantitative estimate of drug-likeness (QED) is 0.405. The monoisotopic (exact) mass is 356 g/mol. The molecule has 0 unspecified atom stereocenters. The number of furan rings is 1. The first kappa shape index (κ1) is 18.3. The number of benzene rings is 1. The van der Waals surface area contributed by atoms with Gasteiger partial charge in [0.1, 0.15) is 11.3 Å².